The molecule has 0 aliphatic rings. The lowest BCUT2D eigenvalue weighted by Gasteiger charge is -2.19. The molecule has 1 rings (SSSR count). The third-order valence-electron chi connectivity index (χ3n) is 2.86. The van der Waals surface area contributed by atoms with Gasteiger partial charge in [-0.15, -0.1) is 0 Å². The number of ether oxygens (including phenoxy) is 1. The van der Waals surface area contributed by atoms with E-state index in [2.05, 4.69) is 0 Å². The van der Waals surface area contributed by atoms with Crippen molar-refractivity contribution in [2.24, 2.45) is 5.92 Å². The molecule has 0 aliphatic carbocycles. The largest absolute Gasteiger partial charge is 0.496 e. The first-order valence-electron chi connectivity index (χ1n) is 6.07. The Labute approximate surface area is 116 Å². The van der Waals surface area contributed by atoms with Gasteiger partial charge in [-0.3, -0.25) is 14.9 Å². The van der Waals surface area contributed by atoms with Gasteiger partial charge in [-0.05, 0) is 18.7 Å². The average Bonchev–Trinajstić information content (AvgIpc) is 2.37. The minimum Gasteiger partial charge on any atom is -0.496 e. The Balaban J connectivity index is 2.83. The highest BCUT2D eigenvalue weighted by Crippen LogP contribution is 2.23. The molecule has 0 aliphatic heterocycles. The summed E-state index contributed by atoms with van der Waals surface area (Å²) in [6, 6.07) is 4.52. The first-order chi connectivity index (χ1) is 9.33. The molecule has 7 nitrogen and oxygen atoms in total. The minimum atomic E-state index is -0.867. The number of benzene rings is 1. The molecule has 0 saturated carbocycles. The quantitative estimate of drug-likeness (QED) is 0.605. The number of rotatable bonds is 7. The van der Waals surface area contributed by atoms with Crippen LogP contribution in [0.15, 0.2) is 18.2 Å². The smallest absolute Gasteiger partial charge is 0.307 e. The fourth-order valence-corrected chi connectivity index (χ4v) is 1.88. The van der Waals surface area contributed by atoms with Crippen molar-refractivity contribution in [2.75, 3.05) is 20.7 Å². The number of nitro benzene ring substituents is 1. The van der Waals surface area contributed by atoms with Crippen LogP contribution in [0.2, 0.25) is 0 Å². The molecule has 0 amide bonds. The van der Waals surface area contributed by atoms with E-state index in [1.165, 1.54) is 19.2 Å². The van der Waals surface area contributed by atoms with E-state index >= 15 is 0 Å². The molecular formula is C13H18N2O5. The third-order valence-corrected chi connectivity index (χ3v) is 2.86. The Morgan fingerprint density at radius 2 is 2.15 bits per heavy atom. The van der Waals surface area contributed by atoms with Gasteiger partial charge < -0.3 is 14.7 Å². The van der Waals surface area contributed by atoms with Gasteiger partial charge in [0, 0.05) is 19.2 Å². The number of carboxylic acid groups (broad SMARTS) is 1. The van der Waals surface area contributed by atoms with Gasteiger partial charge >= 0.3 is 5.97 Å². The minimum absolute atomic E-state index is 0.0426. The van der Waals surface area contributed by atoms with Crippen LogP contribution >= 0.6 is 0 Å². The van der Waals surface area contributed by atoms with Crippen molar-refractivity contribution in [1.82, 2.24) is 4.90 Å². The third kappa shape index (κ3) is 4.51. The molecule has 0 fully saturated rings. The van der Waals surface area contributed by atoms with Crippen LogP contribution in [0.25, 0.3) is 0 Å². The first kappa shape index (κ1) is 15.9. The molecule has 1 unspecified atom stereocenters. The molecule has 0 bridgehead atoms. The summed E-state index contributed by atoms with van der Waals surface area (Å²) < 4.78 is 5.03. The monoisotopic (exact) mass is 282 g/mol. The zero-order valence-corrected chi connectivity index (χ0v) is 11.7. The highest BCUT2D eigenvalue weighted by Gasteiger charge is 2.15. The number of nitrogens with zero attached hydrogens (tertiary/aromatic N) is 2. The zero-order chi connectivity index (χ0) is 15.3. The molecule has 1 aromatic rings. The SMILES string of the molecule is COc1cc(CN(C)CC(C)C(=O)O)cc([N+](=O)[O-])c1. The van der Waals surface area contributed by atoms with E-state index in [4.69, 9.17) is 9.84 Å². The van der Waals surface area contributed by atoms with E-state index in [9.17, 15) is 14.9 Å². The lowest BCUT2D eigenvalue weighted by Crippen LogP contribution is -2.28. The summed E-state index contributed by atoms with van der Waals surface area (Å²) in [6.45, 7) is 2.39. The normalized spacial score (nSPS) is 12.2. The number of carbonyl (C=O) groups is 1. The molecule has 7 heteroatoms. The van der Waals surface area contributed by atoms with Crippen LogP contribution in [0, 0.1) is 16.0 Å². The van der Waals surface area contributed by atoms with Gasteiger partial charge in [0.1, 0.15) is 5.75 Å². The molecule has 0 radical (unpaired) electrons. The van der Waals surface area contributed by atoms with Crippen LogP contribution in [0.1, 0.15) is 12.5 Å². The summed E-state index contributed by atoms with van der Waals surface area (Å²) in [6.07, 6.45) is 0. The molecule has 0 saturated heterocycles. The van der Waals surface area contributed by atoms with Crippen molar-refractivity contribution >= 4 is 11.7 Å². The van der Waals surface area contributed by atoms with Crippen LogP contribution in [0.3, 0.4) is 0 Å². The van der Waals surface area contributed by atoms with Gasteiger partial charge in [0.25, 0.3) is 5.69 Å². The van der Waals surface area contributed by atoms with Crippen LogP contribution in [-0.4, -0.2) is 41.6 Å². The molecule has 20 heavy (non-hydrogen) atoms. The summed E-state index contributed by atoms with van der Waals surface area (Å²) in [4.78, 5) is 23.0. The summed E-state index contributed by atoms with van der Waals surface area (Å²) in [5.41, 5.74) is 0.662. The average molecular weight is 282 g/mol. The van der Waals surface area contributed by atoms with Crippen molar-refractivity contribution in [3.63, 3.8) is 0 Å². The lowest BCUT2D eigenvalue weighted by atomic mass is 10.1. The van der Waals surface area contributed by atoms with Crippen molar-refractivity contribution in [2.45, 2.75) is 13.5 Å². The second-order valence-corrected chi connectivity index (χ2v) is 4.73. The maximum absolute atomic E-state index is 10.8. The van der Waals surface area contributed by atoms with Gasteiger partial charge in [-0.25, -0.2) is 0 Å². The van der Waals surface area contributed by atoms with Gasteiger partial charge in [0.05, 0.1) is 24.0 Å². The number of methoxy groups -OCH3 is 1. The number of nitro groups is 1. The Bertz CT molecular complexity index is 504. The van der Waals surface area contributed by atoms with E-state index < -0.39 is 16.8 Å². The summed E-state index contributed by atoms with van der Waals surface area (Å²) in [7, 11) is 3.21. The molecule has 0 spiro atoms. The molecular weight excluding hydrogens is 264 g/mol. The van der Waals surface area contributed by atoms with Crippen LogP contribution in [-0.2, 0) is 11.3 Å². The predicted molar refractivity (Wildman–Crippen MR) is 72.8 cm³/mol. The fraction of sp³-hybridized carbons (Fsp3) is 0.462. The Morgan fingerprint density at radius 3 is 2.65 bits per heavy atom. The number of aliphatic carboxylic acids is 1. The fourth-order valence-electron chi connectivity index (χ4n) is 1.88. The van der Waals surface area contributed by atoms with E-state index in [1.807, 2.05) is 0 Å². The number of hydrogen-bond donors (Lipinski definition) is 1. The summed E-state index contributed by atoms with van der Waals surface area (Å²) >= 11 is 0. The van der Waals surface area contributed by atoms with Crippen LogP contribution < -0.4 is 4.74 Å². The van der Waals surface area contributed by atoms with Crippen molar-refractivity contribution < 1.29 is 19.6 Å². The van der Waals surface area contributed by atoms with Crippen molar-refractivity contribution in [1.29, 1.82) is 0 Å². The molecule has 1 N–H and O–H groups in total. The Hall–Kier alpha value is -2.15. The molecule has 0 aromatic heterocycles. The van der Waals surface area contributed by atoms with E-state index in [1.54, 1.807) is 24.9 Å². The zero-order valence-electron chi connectivity index (χ0n) is 11.7. The van der Waals surface area contributed by atoms with Gasteiger partial charge in [-0.2, -0.15) is 0 Å². The van der Waals surface area contributed by atoms with Crippen LogP contribution in [0.4, 0.5) is 5.69 Å². The summed E-state index contributed by atoms with van der Waals surface area (Å²) in [5.74, 6) is -0.956. The number of non-ortho nitro benzene ring substituents is 1. The lowest BCUT2D eigenvalue weighted by molar-refractivity contribution is -0.385. The maximum Gasteiger partial charge on any atom is 0.307 e. The van der Waals surface area contributed by atoms with Crippen molar-refractivity contribution in [3.8, 4) is 5.75 Å². The topological polar surface area (TPSA) is 92.9 Å². The molecule has 0 heterocycles. The Kier molecular flexibility index (Phi) is 5.45. The van der Waals surface area contributed by atoms with E-state index in [0.717, 1.165) is 0 Å². The molecule has 110 valence electrons. The second-order valence-electron chi connectivity index (χ2n) is 4.73. The van der Waals surface area contributed by atoms with Gasteiger partial charge in [-0.1, -0.05) is 6.92 Å². The number of hydrogen-bond acceptors (Lipinski definition) is 5. The molecule has 1 atom stereocenters. The van der Waals surface area contributed by atoms with E-state index in [-0.39, 0.29) is 5.69 Å². The van der Waals surface area contributed by atoms with Gasteiger partial charge in [0.15, 0.2) is 0 Å². The van der Waals surface area contributed by atoms with Gasteiger partial charge in [0.2, 0.25) is 0 Å². The standard InChI is InChI=1S/C13H18N2O5/c1-9(13(16)17)7-14(2)8-10-4-11(15(18)19)6-12(5-10)20-3/h4-6,9H,7-8H2,1-3H3,(H,16,17). The number of carboxylic acids is 1. The summed E-state index contributed by atoms with van der Waals surface area (Å²) in [5, 5.41) is 19.7. The van der Waals surface area contributed by atoms with Crippen molar-refractivity contribution in [3.05, 3.63) is 33.9 Å². The molecule has 1 aromatic carbocycles. The first-order valence-corrected chi connectivity index (χ1v) is 6.07. The predicted octanol–water partition coefficient (Wildman–Crippen LogP) is 1.76. The second kappa shape index (κ2) is 6.85. The van der Waals surface area contributed by atoms with Crippen LogP contribution in [0.5, 0.6) is 5.75 Å². The maximum atomic E-state index is 10.8. The highest BCUT2D eigenvalue weighted by atomic mass is 16.6. The van der Waals surface area contributed by atoms with E-state index in [0.29, 0.717) is 24.4 Å². The highest BCUT2D eigenvalue weighted by molar-refractivity contribution is 5.69. The Morgan fingerprint density at radius 1 is 1.50 bits per heavy atom.